The highest BCUT2D eigenvalue weighted by atomic mass is 16.3. The van der Waals surface area contributed by atoms with Crippen molar-refractivity contribution in [1.82, 2.24) is 0 Å². The lowest BCUT2D eigenvalue weighted by Gasteiger charge is -2.23. The number of aryl methyl sites for hydroxylation is 4. The Kier molecular flexibility index (Phi) is 14.1. The molecule has 2 aromatic rings. The van der Waals surface area contributed by atoms with E-state index in [0.717, 1.165) is 60.8 Å². The van der Waals surface area contributed by atoms with Gasteiger partial charge in [0.15, 0.2) is 0 Å². The molecule has 0 spiro atoms. The summed E-state index contributed by atoms with van der Waals surface area (Å²) < 4.78 is 0. The summed E-state index contributed by atoms with van der Waals surface area (Å²) >= 11 is 0. The summed E-state index contributed by atoms with van der Waals surface area (Å²) in [5, 5.41) is 21.5. The Balaban J connectivity index is 1.63. The molecular weight excluding hydrogens is 488 g/mol. The fourth-order valence-corrected chi connectivity index (χ4v) is 5.95. The van der Waals surface area contributed by atoms with E-state index in [2.05, 4.69) is 79.7 Å². The highest BCUT2D eigenvalue weighted by Gasteiger charge is 2.22. The van der Waals surface area contributed by atoms with Crippen molar-refractivity contribution in [1.29, 1.82) is 0 Å². The molecule has 0 unspecified atom stereocenters. The largest absolute Gasteiger partial charge is 0.507 e. The summed E-state index contributed by atoms with van der Waals surface area (Å²) in [5.41, 5.74) is 7.21. The van der Waals surface area contributed by atoms with Crippen molar-refractivity contribution in [2.24, 2.45) is 0 Å². The highest BCUT2D eigenvalue weighted by molar-refractivity contribution is 5.48. The Labute approximate surface area is 248 Å². The molecule has 40 heavy (non-hydrogen) atoms. The van der Waals surface area contributed by atoms with Crippen LogP contribution in [-0.2, 0) is 36.5 Å². The molecule has 0 saturated carbocycles. The SMILES string of the molecule is CCCc1cc(CCCCCCCCCCCCc2cc(CCC)c(O)c(C(C)(C)C)c2)cc(C(C)(C)C)c1O. The maximum atomic E-state index is 10.8. The smallest absolute Gasteiger partial charge is 0.122 e. The first-order valence-corrected chi connectivity index (χ1v) is 16.6. The quantitative estimate of drug-likeness (QED) is 0.192. The third kappa shape index (κ3) is 11.1. The molecule has 0 saturated heterocycles. The fourth-order valence-electron chi connectivity index (χ4n) is 5.95. The number of benzene rings is 2. The van der Waals surface area contributed by atoms with Gasteiger partial charge in [0.25, 0.3) is 0 Å². The van der Waals surface area contributed by atoms with E-state index in [-0.39, 0.29) is 10.8 Å². The zero-order valence-electron chi connectivity index (χ0n) is 27.5. The first kappa shape index (κ1) is 34.2. The molecule has 2 nitrogen and oxygen atoms in total. The molecule has 0 fully saturated rings. The van der Waals surface area contributed by atoms with Crippen molar-refractivity contribution in [2.45, 2.75) is 169 Å². The molecule has 0 bridgehead atoms. The number of unbranched alkanes of at least 4 members (excludes halogenated alkanes) is 9. The molecule has 0 heterocycles. The molecule has 226 valence electrons. The summed E-state index contributed by atoms with van der Waals surface area (Å²) in [7, 11) is 0. The van der Waals surface area contributed by atoms with E-state index in [1.807, 2.05) is 0 Å². The number of aromatic hydroxyl groups is 2. The maximum Gasteiger partial charge on any atom is 0.122 e. The fraction of sp³-hybridized carbons (Fsp3) is 0.684. The summed E-state index contributed by atoms with van der Waals surface area (Å²) in [5.74, 6) is 1.04. The molecule has 0 radical (unpaired) electrons. The van der Waals surface area contributed by atoms with Gasteiger partial charge in [-0.2, -0.15) is 0 Å². The summed E-state index contributed by atoms with van der Waals surface area (Å²) in [6, 6.07) is 9.01. The van der Waals surface area contributed by atoms with E-state index in [1.54, 1.807) is 0 Å². The Hall–Kier alpha value is -1.96. The second-order valence-electron chi connectivity index (χ2n) is 14.3. The van der Waals surface area contributed by atoms with Crippen LogP contribution < -0.4 is 0 Å². The van der Waals surface area contributed by atoms with Gasteiger partial charge < -0.3 is 10.2 Å². The van der Waals surface area contributed by atoms with E-state index < -0.39 is 0 Å². The lowest BCUT2D eigenvalue weighted by molar-refractivity contribution is 0.438. The van der Waals surface area contributed by atoms with Crippen molar-refractivity contribution in [3.63, 3.8) is 0 Å². The standard InChI is InChI=1S/C38H62O2/c1-9-21-31-25-29(27-33(35(31)39)37(3,4)5)23-19-17-15-13-11-12-14-16-18-20-24-30-26-32(22-10-2)36(40)34(28-30)38(6,7)8/h25-28,39-40H,9-24H2,1-8H3. The van der Waals surface area contributed by atoms with Gasteiger partial charge in [0.1, 0.15) is 11.5 Å². The van der Waals surface area contributed by atoms with Crippen molar-refractivity contribution < 1.29 is 10.2 Å². The van der Waals surface area contributed by atoms with Crippen LogP contribution in [0.1, 0.15) is 166 Å². The van der Waals surface area contributed by atoms with Crippen LogP contribution in [0.5, 0.6) is 11.5 Å². The average Bonchev–Trinajstić information content (AvgIpc) is 2.86. The van der Waals surface area contributed by atoms with Gasteiger partial charge in [0.05, 0.1) is 0 Å². The summed E-state index contributed by atoms with van der Waals surface area (Å²) in [6.45, 7) is 17.6. The third-order valence-corrected chi connectivity index (χ3v) is 8.33. The van der Waals surface area contributed by atoms with Crippen LogP contribution in [0.25, 0.3) is 0 Å². The van der Waals surface area contributed by atoms with Gasteiger partial charge in [-0.1, -0.05) is 144 Å². The molecule has 0 aromatic heterocycles. The predicted molar refractivity (Wildman–Crippen MR) is 175 cm³/mol. The van der Waals surface area contributed by atoms with Gasteiger partial charge in [-0.05, 0) is 82.7 Å². The van der Waals surface area contributed by atoms with E-state index in [0.29, 0.717) is 11.5 Å². The van der Waals surface area contributed by atoms with E-state index in [4.69, 9.17) is 0 Å². The lowest BCUT2D eigenvalue weighted by atomic mass is 9.83. The molecule has 2 rings (SSSR count). The van der Waals surface area contributed by atoms with E-state index in [9.17, 15) is 10.2 Å². The molecule has 0 aliphatic carbocycles. The number of hydrogen-bond donors (Lipinski definition) is 2. The van der Waals surface area contributed by atoms with Crippen LogP contribution in [-0.4, -0.2) is 10.2 Å². The topological polar surface area (TPSA) is 40.5 Å². The second-order valence-corrected chi connectivity index (χ2v) is 14.3. The van der Waals surface area contributed by atoms with Crippen molar-refractivity contribution in [2.75, 3.05) is 0 Å². The van der Waals surface area contributed by atoms with Gasteiger partial charge in [-0.15, -0.1) is 0 Å². The Bertz CT molecular complexity index is 936. The minimum atomic E-state index is -0.0257. The first-order chi connectivity index (χ1) is 18.9. The Morgan fingerprint density at radius 3 is 1.02 bits per heavy atom. The van der Waals surface area contributed by atoms with Crippen molar-refractivity contribution in [3.8, 4) is 11.5 Å². The molecular formula is C38H62O2. The monoisotopic (exact) mass is 550 g/mol. The molecule has 2 heteroatoms. The Morgan fingerprint density at radius 2 is 0.750 bits per heavy atom. The Morgan fingerprint density at radius 1 is 0.450 bits per heavy atom. The number of phenolic OH excluding ortho intramolecular Hbond substituents is 2. The second kappa shape index (κ2) is 16.5. The van der Waals surface area contributed by atoms with Crippen LogP contribution in [0.4, 0.5) is 0 Å². The summed E-state index contributed by atoms with van der Waals surface area (Å²) in [4.78, 5) is 0. The zero-order valence-corrected chi connectivity index (χ0v) is 27.5. The average molecular weight is 551 g/mol. The minimum absolute atomic E-state index is 0.0257. The van der Waals surface area contributed by atoms with Crippen LogP contribution in [0.15, 0.2) is 24.3 Å². The molecule has 0 aliphatic heterocycles. The molecule has 0 amide bonds. The third-order valence-electron chi connectivity index (χ3n) is 8.33. The number of hydrogen-bond acceptors (Lipinski definition) is 2. The predicted octanol–water partition coefficient (Wildman–Crippen LogP) is 11.3. The van der Waals surface area contributed by atoms with Crippen LogP contribution in [0.3, 0.4) is 0 Å². The summed E-state index contributed by atoms with van der Waals surface area (Å²) in [6.07, 6.45) is 19.5. The molecule has 2 N–H and O–H groups in total. The van der Waals surface area contributed by atoms with E-state index >= 15 is 0 Å². The van der Waals surface area contributed by atoms with Gasteiger partial charge in [0, 0.05) is 0 Å². The van der Waals surface area contributed by atoms with Crippen molar-refractivity contribution >= 4 is 0 Å². The maximum absolute atomic E-state index is 10.8. The van der Waals surface area contributed by atoms with Crippen LogP contribution >= 0.6 is 0 Å². The van der Waals surface area contributed by atoms with Crippen LogP contribution in [0.2, 0.25) is 0 Å². The zero-order chi connectivity index (χ0) is 29.8. The lowest BCUT2D eigenvalue weighted by Crippen LogP contribution is -2.13. The number of phenols is 2. The van der Waals surface area contributed by atoms with Gasteiger partial charge in [0.2, 0.25) is 0 Å². The first-order valence-electron chi connectivity index (χ1n) is 16.6. The highest BCUT2D eigenvalue weighted by Crippen LogP contribution is 2.36. The normalized spacial score (nSPS) is 12.3. The minimum Gasteiger partial charge on any atom is -0.507 e. The molecule has 0 atom stereocenters. The van der Waals surface area contributed by atoms with Gasteiger partial charge in [-0.25, -0.2) is 0 Å². The van der Waals surface area contributed by atoms with E-state index in [1.165, 1.54) is 75.3 Å². The molecule has 0 aliphatic rings. The van der Waals surface area contributed by atoms with Crippen LogP contribution in [0, 0.1) is 0 Å². The van der Waals surface area contributed by atoms with Gasteiger partial charge in [-0.3, -0.25) is 0 Å². The van der Waals surface area contributed by atoms with Crippen molar-refractivity contribution in [3.05, 3.63) is 57.6 Å². The molecule has 2 aromatic carbocycles. The van der Waals surface area contributed by atoms with Gasteiger partial charge >= 0.3 is 0 Å². The number of rotatable bonds is 17.